The summed E-state index contributed by atoms with van der Waals surface area (Å²) in [5, 5.41) is 15.5. The van der Waals surface area contributed by atoms with Crippen molar-refractivity contribution < 1.29 is 9.53 Å². The van der Waals surface area contributed by atoms with E-state index < -0.39 is 0 Å². The molecule has 0 aliphatic carbocycles. The van der Waals surface area contributed by atoms with Gasteiger partial charge in [-0.05, 0) is 56.7 Å². The molecular weight excluding hydrogens is 538 g/mol. The second-order valence-corrected chi connectivity index (χ2v) is 11.0. The van der Waals surface area contributed by atoms with Gasteiger partial charge >= 0.3 is 6.03 Å². The molecule has 9 nitrogen and oxygen atoms in total. The summed E-state index contributed by atoms with van der Waals surface area (Å²) < 4.78 is 8.95. The first-order chi connectivity index (χ1) is 20.9. The third-order valence-electron chi connectivity index (χ3n) is 8.15. The van der Waals surface area contributed by atoms with E-state index in [1.54, 1.807) is 22.7 Å². The number of nitrogens with one attached hydrogen (secondary N) is 2. The number of aromatic nitrogens is 4. The Labute approximate surface area is 255 Å². The Morgan fingerprint density at radius 3 is 2.47 bits per heavy atom. The molecule has 1 aliphatic heterocycles. The molecule has 5 rings (SSSR count). The summed E-state index contributed by atoms with van der Waals surface area (Å²) in [4.78, 5) is 15.9. The number of aryl methyl sites for hydroxylation is 2. The van der Waals surface area contributed by atoms with Crippen LogP contribution in [0.15, 0.2) is 73.1 Å². The lowest BCUT2D eigenvalue weighted by Gasteiger charge is -2.24. The maximum absolute atomic E-state index is 13.4. The van der Waals surface area contributed by atoms with Gasteiger partial charge < -0.3 is 10.1 Å². The highest BCUT2D eigenvalue weighted by atomic mass is 16.5. The number of anilines is 1. The van der Waals surface area contributed by atoms with Crippen LogP contribution in [-0.2, 0) is 18.2 Å². The van der Waals surface area contributed by atoms with Crippen molar-refractivity contribution in [1.82, 2.24) is 29.8 Å². The van der Waals surface area contributed by atoms with Crippen LogP contribution in [0.4, 0.5) is 10.6 Å². The Hall–Kier alpha value is -4.39. The van der Waals surface area contributed by atoms with E-state index in [2.05, 4.69) is 70.7 Å². The molecule has 3 heterocycles. The standard InChI is InChI=1S/C32H41N7O2.C2H2/c1-23-30(27-20-33-37(3)21-27)36-39(28-13-9-6-10-14-28)31(23)35-32(40)34-24(2)26-19-29(38(22-26)17-18-41-4)16-15-25-11-7-5-8-12-25;1-2/h5-14,20-21,24,26,29H,15-19,22H2,1-4H3,(H2,34,35,40);1-2H/t24?,26?,29-;/m1./s1. The summed E-state index contributed by atoms with van der Waals surface area (Å²) in [5.74, 6) is 0.998. The number of ether oxygens (including phenoxy) is 1. The Bertz CT molecular complexity index is 1460. The van der Waals surface area contributed by atoms with E-state index in [1.165, 1.54) is 5.56 Å². The van der Waals surface area contributed by atoms with Crippen molar-refractivity contribution in [3.63, 3.8) is 0 Å². The molecule has 0 spiro atoms. The SMILES string of the molecule is C#C.COCCN1CC(C(C)NC(=O)Nc2c(C)c(-c3cnn(C)c3)nn2-c2ccccc2)C[C@H]1CCc1ccccc1. The molecule has 0 saturated carbocycles. The van der Waals surface area contributed by atoms with Crippen LogP contribution < -0.4 is 10.6 Å². The Kier molecular flexibility index (Phi) is 11.1. The van der Waals surface area contributed by atoms with Crippen molar-refractivity contribution in [1.29, 1.82) is 0 Å². The van der Waals surface area contributed by atoms with Crippen LogP contribution in [0.2, 0.25) is 0 Å². The molecule has 2 aromatic heterocycles. The highest BCUT2D eigenvalue weighted by Crippen LogP contribution is 2.31. The van der Waals surface area contributed by atoms with E-state index in [9.17, 15) is 4.79 Å². The smallest absolute Gasteiger partial charge is 0.320 e. The fraction of sp³-hybridized carbons (Fsp3) is 0.382. The van der Waals surface area contributed by atoms with Gasteiger partial charge in [-0.3, -0.25) is 14.9 Å². The molecule has 2 unspecified atom stereocenters. The van der Waals surface area contributed by atoms with Gasteiger partial charge in [0, 0.05) is 56.7 Å². The van der Waals surface area contributed by atoms with E-state index in [0.717, 1.165) is 54.9 Å². The lowest BCUT2D eigenvalue weighted by Crippen LogP contribution is -2.42. The van der Waals surface area contributed by atoms with Gasteiger partial charge in [-0.1, -0.05) is 48.5 Å². The molecule has 1 fully saturated rings. The van der Waals surface area contributed by atoms with Gasteiger partial charge in [-0.25, -0.2) is 9.48 Å². The largest absolute Gasteiger partial charge is 0.383 e. The van der Waals surface area contributed by atoms with Crippen molar-refractivity contribution in [2.24, 2.45) is 13.0 Å². The molecule has 0 radical (unpaired) electrons. The van der Waals surface area contributed by atoms with Crippen molar-refractivity contribution >= 4 is 11.8 Å². The van der Waals surface area contributed by atoms with Crippen LogP contribution in [0.1, 0.15) is 30.9 Å². The predicted octanol–water partition coefficient (Wildman–Crippen LogP) is 5.31. The molecular formula is C34H43N7O2. The monoisotopic (exact) mass is 581 g/mol. The molecule has 2 amide bonds. The third-order valence-corrected chi connectivity index (χ3v) is 8.15. The maximum Gasteiger partial charge on any atom is 0.320 e. The topological polar surface area (TPSA) is 89.2 Å². The summed E-state index contributed by atoms with van der Waals surface area (Å²) in [7, 11) is 3.63. The molecule has 1 aliphatic rings. The minimum atomic E-state index is -0.230. The minimum absolute atomic E-state index is 0.00738. The first-order valence-electron chi connectivity index (χ1n) is 14.7. The lowest BCUT2D eigenvalue weighted by atomic mass is 9.95. The number of carbonyl (C=O) groups is 1. The quantitative estimate of drug-likeness (QED) is 0.234. The van der Waals surface area contributed by atoms with E-state index in [-0.39, 0.29) is 12.1 Å². The van der Waals surface area contributed by atoms with Crippen LogP contribution >= 0.6 is 0 Å². The first-order valence-corrected chi connectivity index (χ1v) is 14.7. The van der Waals surface area contributed by atoms with Gasteiger partial charge in [-0.15, -0.1) is 12.8 Å². The first kappa shape index (κ1) is 31.5. The number of rotatable bonds is 11. The van der Waals surface area contributed by atoms with Gasteiger partial charge in [-0.2, -0.15) is 10.2 Å². The summed E-state index contributed by atoms with van der Waals surface area (Å²) in [6, 6.07) is 20.8. The van der Waals surface area contributed by atoms with Gasteiger partial charge in [0.2, 0.25) is 0 Å². The Balaban J connectivity index is 0.00000207. The van der Waals surface area contributed by atoms with Crippen molar-refractivity contribution in [3.05, 3.63) is 84.2 Å². The number of hydrogen-bond donors (Lipinski definition) is 2. The van der Waals surface area contributed by atoms with E-state index in [0.29, 0.717) is 24.4 Å². The molecule has 4 aromatic rings. The number of amides is 2. The van der Waals surface area contributed by atoms with Crippen LogP contribution in [0.5, 0.6) is 0 Å². The molecule has 43 heavy (non-hydrogen) atoms. The molecule has 2 aromatic carbocycles. The number of para-hydroxylation sites is 1. The number of benzene rings is 2. The molecule has 226 valence electrons. The van der Waals surface area contributed by atoms with Gasteiger partial charge in [0.25, 0.3) is 0 Å². The zero-order valence-corrected chi connectivity index (χ0v) is 25.6. The van der Waals surface area contributed by atoms with Gasteiger partial charge in [0.05, 0.1) is 18.5 Å². The number of hydrogen-bond acceptors (Lipinski definition) is 5. The van der Waals surface area contributed by atoms with Crippen molar-refractivity contribution in [2.75, 3.05) is 32.1 Å². The number of urea groups is 1. The second kappa shape index (κ2) is 15.2. The molecule has 0 bridgehead atoms. The molecule has 2 N–H and O–H groups in total. The fourth-order valence-corrected chi connectivity index (χ4v) is 5.83. The highest BCUT2D eigenvalue weighted by Gasteiger charge is 2.35. The van der Waals surface area contributed by atoms with Gasteiger partial charge in [0.15, 0.2) is 0 Å². The third kappa shape index (κ3) is 7.92. The Morgan fingerprint density at radius 1 is 1.12 bits per heavy atom. The molecule has 1 saturated heterocycles. The average Bonchev–Trinajstić information content (AvgIpc) is 3.74. The number of methoxy groups -OCH3 is 1. The minimum Gasteiger partial charge on any atom is -0.383 e. The number of likely N-dealkylation sites (tertiary alicyclic amines) is 1. The zero-order valence-electron chi connectivity index (χ0n) is 25.6. The number of terminal acetylenes is 1. The molecule has 3 atom stereocenters. The lowest BCUT2D eigenvalue weighted by molar-refractivity contribution is 0.136. The average molecular weight is 582 g/mol. The summed E-state index contributed by atoms with van der Waals surface area (Å²) in [6.45, 7) is 6.64. The summed E-state index contributed by atoms with van der Waals surface area (Å²) in [5.41, 5.74) is 4.82. The molecule has 9 heteroatoms. The summed E-state index contributed by atoms with van der Waals surface area (Å²) >= 11 is 0. The number of carbonyl (C=O) groups excluding carboxylic acids is 1. The van der Waals surface area contributed by atoms with E-state index in [1.807, 2.05) is 50.5 Å². The maximum atomic E-state index is 13.4. The summed E-state index contributed by atoms with van der Waals surface area (Å²) in [6.07, 6.45) is 14.9. The Morgan fingerprint density at radius 2 is 1.81 bits per heavy atom. The van der Waals surface area contributed by atoms with Crippen LogP contribution in [0.25, 0.3) is 16.9 Å². The highest BCUT2D eigenvalue weighted by molar-refractivity contribution is 5.91. The number of nitrogens with zero attached hydrogens (tertiary/aromatic N) is 5. The van der Waals surface area contributed by atoms with Crippen LogP contribution in [0, 0.1) is 25.7 Å². The predicted molar refractivity (Wildman–Crippen MR) is 172 cm³/mol. The van der Waals surface area contributed by atoms with E-state index >= 15 is 0 Å². The fourth-order valence-electron chi connectivity index (χ4n) is 5.83. The normalized spacial score (nSPS) is 17.2. The van der Waals surface area contributed by atoms with Gasteiger partial charge in [0.1, 0.15) is 11.5 Å². The van der Waals surface area contributed by atoms with Crippen LogP contribution in [0.3, 0.4) is 0 Å². The van der Waals surface area contributed by atoms with Crippen molar-refractivity contribution in [3.8, 4) is 29.8 Å². The van der Waals surface area contributed by atoms with E-state index in [4.69, 9.17) is 9.84 Å². The zero-order chi connectivity index (χ0) is 30.8. The van der Waals surface area contributed by atoms with Crippen molar-refractivity contribution in [2.45, 2.75) is 45.2 Å². The van der Waals surface area contributed by atoms with Crippen LogP contribution in [-0.4, -0.2) is 69.4 Å². The second-order valence-electron chi connectivity index (χ2n) is 11.0.